The molecule has 1 heterocycles. The van der Waals surface area contributed by atoms with Gasteiger partial charge in [-0.3, -0.25) is 0 Å². The van der Waals surface area contributed by atoms with Gasteiger partial charge in [-0.05, 0) is 43.6 Å². The van der Waals surface area contributed by atoms with Gasteiger partial charge >= 0.3 is 0 Å². The Kier molecular flexibility index (Phi) is 4.27. The first kappa shape index (κ1) is 13.4. The van der Waals surface area contributed by atoms with Crippen molar-refractivity contribution in [2.45, 2.75) is 33.3 Å². The molecule has 1 rings (SSSR count). The zero-order valence-electron chi connectivity index (χ0n) is 10.2. The summed E-state index contributed by atoms with van der Waals surface area (Å²) in [4.78, 5) is 10.7. The Bertz CT molecular complexity index is 363. The van der Waals surface area contributed by atoms with Crippen LogP contribution in [0.4, 0.5) is 5.82 Å². The van der Waals surface area contributed by atoms with E-state index in [1.54, 1.807) is 20.0 Å². The van der Waals surface area contributed by atoms with Crippen molar-refractivity contribution in [1.82, 2.24) is 9.97 Å². The van der Waals surface area contributed by atoms with Gasteiger partial charge in [0.25, 0.3) is 0 Å². The van der Waals surface area contributed by atoms with Crippen LogP contribution in [0, 0.1) is 6.92 Å². The molecule has 0 radical (unpaired) electrons. The molecule has 0 bridgehead atoms. The average molecular weight is 288 g/mol. The zero-order valence-corrected chi connectivity index (χ0v) is 11.7. The predicted molar refractivity (Wildman–Crippen MR) is 68.7 cm³/mol. The van der Waals surface area contributed by atoms with Crippen molar-refractivity contribution >= 4 is 21.7 Å². The fourth-order valence-corrected chi connectivity index (χ4v) is 1.93. The molecule has 0 unspecified atom stereocenters. The summed E-state index contributed by atoms with van der Waals surface area (Å²) in [6.07, 6.45) is 1.68. The maximum absolute atomic E-state index is 9.83. The third kappa shape index (κ3) is 3.72. The molecule has 0 saturated carbocycles. The lowest BCUT2D eigenvalue weighted by molar-refractivity contribution is 0.0874. The van der Waals surface area contributed by atoms with Gasteiger partial charge in [-0.2, -0.15) is 0 Å². The smallest absolute Gasteiger partial charge is 0.150 e. The number of nitrogens with zero attached hydrogens (tertiary/aromatic N) is 3. The van der Waals surface area contributed by atoms with Crippen molar-refractivity contribution in [3.8, 4) is 0 Å². The molecule has 90 valence electrons. The van der Waals surface area contributed by atoms with Crippen LogP contribution in [-0.4, -0.2) is 33.8 Å². The maximum atomic E-state index is 9.83. The second kappa shape index (κ2) is 5.10. The quantitative estimate of drug-likeness (QED) is 0.922. The minimum Gasteiger partial charge on any atom is -0.389 e. The summed E-state index contributed by atoms with van der Waals surface area (Å²) in [6, 6.07) is 0. The number of hydrogen-bond acceptors (Lipinski definition) is 4. The lowest BCUT2D eigenvalue weighted by Gasteiger charge is -2.29. The van der Waals surface area contributed by atoms with E-state index in [1.807, 2.05) is 18.7 Å². The number of aromatic nitrogens is 2. The normalized spacial score (nSPS) is 11.6. The molecule has 16 heavy (non-hydrogen) atoms. The number of rotatable bonds is 4. The Hall–Kier alpha value is -0.680. The summed E-state index contributed by atoms with van der Waals surface area (Å²) < 4.78 is 0.730. The lowest BCUT2D eigenvalue weighted by Crippen LogP contribution is -2.39. The van der Waals surface area contributed by atoms with Crippen LogP contribution in [0.1, 0.15) is 26.5 Å². The molecule has 0 aliphatic heterocycles. The SMILES string of the molecule is CCN(CC(C)(C)O)c1ncc(Br)nc1C. The van der Waals surface area contributed by atoms with E-state index >= 15 is 0 Å². The fourth-order valence-electron chi connectivity index (χ4n) is 1.56. The molecule has 5 heteroatoms. The van der Waals surface area contributed by atoms with Gasteiger partial charge in [0.05, 0.1) is 17.5 Å². The molecule has 1 aromatic rings. The molecule has 0 amide bonds. The van der Waals surface area contributed by atoms with Crippen LogP contribution in [-0.2, 0) is 0 Å². The molecule has 1 N–H and O–H groups in total. The molecule has 0 aliphatic rings. The highest BCUT2D eigenvalue weighted by atomic mass is 79.9. The fraction of sp³-hybridized carbons (Fsp3) is 0.636. The van der Waals surface area contributed by atoms with Crippen LogP contribution in [0.5, 0.6) is 0 Å². The van der Waals surface area contributed by atoms with Crippen molar-refractivity contribution < 1.29 is 5.11 Å². The van der Waals surface area contributed by atoms with Gasteiger partial charge in [0.2, 0.25) is 0 Å². The molecule has 4 nitrogen and oxygen atoms in total. The Morgan fingerprint density at radius 3 is 2.56 bits per heavy atom. The van der Waals surface area contributed by atoms with E-state index in [4.69, 9.17) is 0 Å². The molecular weight excluding hydrogens is 270 g/mol. The Labute approximate surface area is 105 Å². The number of aryl methyl sites for hydroxylation is 1. The van der Waals surface area contributed by atoms with Gasteiger partial charge in [0.15, 0.2) is 0 Å². The minimum absolute atomic E-state index is 0.542. The minimum atomic E-state index is -0.739. The van der Waals surface area contributed by atoms with E-state index in [1.165, 1.54) is 0 Å². The Morgan fingerprint density at radius 1 is 1.50 bits per heavy atom. The largest absolute Gasteiger partial charge is 0.389 e. The van der Waals surface area contributed by atoms with Gasteiger partial charge in [-0.15, -0.1) is 0 Å². The van der Waals surface area contributed by atoms with E-state index in [0.717, 1.165) is 22.7 Å². The summed E-state index contributed by atoms with van der Waals surface area (Å²) >= 11 is 3.29. The van der Waals surface area contributed by atoms with Crippen molar-refractivity contribution in [2.24, 2.45) is 0 Å². The molecule has 0 spiro atoms. The van der Waals surface area contributed by atoms with E-state index in [0.29, 0.717) is 6.54 Å². The average Bonchev–Trinajstić information content (AvgIpc) is 2.13. The number of anilines is 1. The molecule has 0 fully saturated rings. The second-order valence-corrected chi connectivity index (χ2v) is 5.24. The lowest BCUT2D eigenvalue weighted by atomic mass is 10.1. The van der Waals surface area contributed by atoms with Crippen LogP contribution >= 0.6 is 15.9 Å². The highest BCUT2D eigenvalue weighted by molar-refractivity contribution is 9.10. The number of aliphatic hydroxyl groups is 1. The number of likely N-dealkylation sites (N-methyl/N-ethyl adjacent to an activating group) is 1. The molecule has 1 aromatic heterocycles. The summed E-state index contributed by atoms with van der Waals surface area (Å²) in [5.41, 5.74) is 0.123. The monoisotopic (exact) mass is 287 g/mol. The topological polar surface area (TPSA) is 49.2 Å². The summed E-state index contributed by atoms with van der Waals surface area (Å²) in [6.45, 7) is 8.87. The van der Waals surface area contributed by atoms with Crippen LogP contribution in [0.3, 0.4) is 0 Å². The third-order valence-corrected chi connectivity index (χ3v) is 2.53. The van der Waals surface area contributed by atoms with Crippen molar-refractivity contribution in [2.75, 3.05) is 18.0 Å². The maximum Gasteiger partial charge on any atom is 0.150 e. The first-order valence-corrected chi connectivity index (χ1v) is 6.09. The van der Waals surface area contributed by atoms with Crippen molar-refractivity contribution in [3.63, 3.8) is 0 Å². The van der Waals surface area contributed by atoms with Crippen LogP contribution in [0.25, 0.3) is 0 Å². The standard InChI is InChI=1S/C11H18BrN3O/c1-5-15(7-11(3,4)16)10-8(2)14-9(12)6-13-10/h6,16H,5,7H2,1-4H3. The summed E-state index contributed by atoms with van der Waals surface area (Å²) in [5, 5.41) is 9.83. The third-order valence-electron chi connectivity index (χ3n) is 2.15. The van der Waals surface area contributed by atoms with Gasteiger partial charge in [-0.25, -0.2) is 9.97 Å². The van der Waals surface area contributed by atoms with Crippen LogP contribution in [0.15, 0.2) is 10.8 Å². The summed E-state index contributed by atoms with van der Waals surface area (Å²) in [7, 11) is 0. The van der Waals surface area contributed by atoms with E-state index < -0.39 is 5.60 Å². The highest BCUT2D eigenvalue weighted by Gasteiger charge is 2.19. The first-order valence-electron chi connectivity index (χ1n) is 5.30. The van der Waals surface area contributed by atoms with Gasteiger partial charge in [0.1, 0.15) is 10.4 Å². The molecule has 0 atom stereocenters. The van der Waals surface area contributed by atoms with E-state index in [9.17, 15) is 5.11 Å². The number of hydrogen-bond donors (Lipinski definition) is 1. The first-order chi connectivity index (χ1) is 7.33. The van der Waals surface area contributed by atoms with Crippen LogP contribution in [0.2, 0.25) is 0 Å². The van der Waals surface area contributed by atoms with Gasteiger partial charge in [0, 0.05) is 13.1 Å². The molecule has 0 saturated heterocycles. The summed E-state index contributed by atoms with van der Waals surface area (Å²) in [5.74, 6) is 0.827. The molecule has 0 aromatic carbocycles. The van der Waals surface area contributed by atoms with Crippen LogP contribution < -0.4 is 4.90 Å². The molecular formula is C11H18BrN3O. The Balaban J connectivity index is 2.95. The number of halogens is 1. The zero-order chi connectivity index (χ0) is 12.3. The highest BCUT2D eigenvalue weighted by Crippen LogP contribution is 2.19. The second-order valence-electron chi connectivity index (χ2n) is 4.43. The van der Waals surface area contributed by atoms with E-state index in [-0.39, 0.29) is 0 Å². The van der Waals surface area contributed by atoms with Gasteiger partial charge in [-0.1, -0.05) is 0 Å². The van der Waals surface area contributed by atoms with E-state index in [2.05, 4.69) is 25.9 Å². The molecule has 0 aliphatic carbocycles. The Morgan fingerprint density at radius 2 is 2.12 bits per heavy atom. The predicted octanol–water partition coefficient (Wildman–Crippen LogP) is 2.14. The van der Waals surface area contributed by atoms with Crippen molar-refractivity contribution in [3.05, 3.63) is 16.5 Å². The van der Waals surface area contributed by atoms with Crippen molar-refractivity contribution in [1.29, 1.82) is 0 Å². The van der Waals surface area contributed by atoms with Gasteiger partial charge < -0.3 is 10.0 Å².